The minimum Gasteiger partial charge on any atom is -0.859 e. The molecule has 0 aliphatic heterocycles. The maximum atomic E-state index is 11.4. The zero-order valence-corrected chi connectivity index (χ0v) is 60.0. The van der Waals surface area contributed by atoms with E-state index < -0.39 is 38.6 Å². The fourth-order valence-corrected chi connectivity index (χ4v) is 25.0. The van der Waals surface area contributed by atoms with Crippen molar-refractivity contribution >= 4 is 132 Å². The van der Waals surface area contributed by atoms with Gasteiger partial charge in [-0.2, -0.15) is 0 Å². The number of thiophene rings is 4. The van der Waals surface area contributed by atoms with Gasteiger partial charge in [-0.15, -0.1) is 45.3 Å². The zero-order chi connectivity index (χ0) is 53.5. The van der Waals surface area contributed by atoms with Crippen molar-refractivity contribution in [1.29, 1.82) is 0 Å². The third-order valence-corrected chi connectivity index (χ3v) is 29.3. The number of aromatic nitrogens is 6. The summed E-state index contributed by atoms with van der Waals surface area (Å²) in [6, 6.07) is 11.9. The van der Waals surface area contributed by atoms with Crippen molar-refractivity contribution in [2.75, 3.05) is 14.2 Å². The monoisotopic (exact) mass is 1390 g/mol. The molecule has 15 nitrogen and oxygen atoms in total. The molecule has 388 valence electrons. The van der Waals surface area contributed by atoms with Crippen LogP contribution in [0.4, 0.5) is 0 Å². The fourth-order valence-electron chi connectivity index (χ4n) is 6.05. The van der Waals surface area contributed by atoms with Gasteiger partial charge >= 0.3 is 244 Å². The van der Waals surface area contributed by atoms with Crippen molar-refractivity contribution in [2.45, 2.75) is 92.2 Å². The van der Waals surface area contributed by atoms with Crippen molar-refractivity contribution in [1.82, 2.24) is 29.9 Å². The summed E-state index contributed by atoms with van der Waals surface area (Å²) in [6.07, 6.45) is 18.4. The number of esters is 2. The van der Waals surface area contributed by atoms with Gasteiger partial charge in [-0.3, -0.25) is 0 Å². The number of hydrogen-bond donors (Lipinski definition) is 1. The molecular formula is C49H60Br2K2N6O9S4SiSn. The Morgan fingerprint density at radius 2 is 0.905 bits per heavy atom. The standard InChI is InChI=1S/C10H8N2O2S.C9H6N2O2S.C6H5BrO2S.C5H3BrO2S.C4H3N2.3C4H9.C3H9OSi.2K.Sn/c1-14-10(13)7-3-6-15-8(7)9-11-4-2-5-12-9;12-9(13)6-2-5-14-7(6)8-10-3-1-4-11-8;1-9-6(8)4-2-3-10-5(4)7;6-4-3(5(7)8)1-2-9-4;1-2-5-4-6-3-1;3*1-3-4-2;1-5(2,3)4;;;/h2-6H,1H3;1-5H,(H,12,13);2-3H,1H3;1-2H,(H,7,8);1-3H;3*1,3-4H2,2H3;1-3H3;;;/q;;;;;;;;-1;2*+1;/p-1. The number of rotatable bonds is 16. The van der Waals surface area contributed by atoms with Gasteiger partial charge in [0.2, 0.25) is 0 Å². The Bertz CT molecular complexity index is 2620. The van der Waals surface area contributed by atoms with Gasteiger partial charge < -0.3 is 29.3 Å². The number of nitrogens with zero attached hydrogens (tertiary/aromatic N) is 6. The third kappa shape index (κ3) is 27.8. The number of methoxy groups -OCH3 is 2. The molecule has 0 saturated heterocycles. The Morgan fingerprint density at radius 3 is 1.23 bits per heavy atom. The molecule has 0 saturated carbocycles. The molecule has 1 N–H and O–H groups in total. The molecule has 0 fully saturated rings. The van der Waals surface area contributed by atoms with Gasteiger partial charge in [-0.25, -0.2) is 34.3 Å². The second-order valence-corrected chi connectivity index (χ2v) is 39.4. The molecule has 0 radical (unpaired) electrons. The van der Waals surface area contributed by atoms with E-state index in [1.807, 2.05) is 29.2 Å². The number of carbonyl (C=O) groups is 4. The topological polar surface area (TPSA) is 230 Å². The van der Waals surface area contributed by atoms with E-state index in [9.17, 15) is 29.1 Å². The minimum atomic E-state index is -2.32. The first-order valence-corrected chi connectivity index (χ1v) is 38.6. The molecule has 7 rings (SSSR count). The molecule has 7 aromatic rings. The number of hydrogen-bond acceptors (Lipinski definition) is 18. The first-order valence-electron chi connectivity index (χ1n) is 22.6. The van der Waals surface area contributed by atoms with Crippen LogP contribution in [0, 0.1) is 0 Å². The van der Waals surface area contributed by atoms with Crippen LogP contribution in [0.2, 0.25) is 33.0 Å². The van der Waals surface area contributed by atoms with Gasteiger partial charge in [0.25, 0.3) is 0 Å². The maximum absolute atomic E-state index is 11.4. The van der Waals surface area contributed by atoms with E-state index in [4.69, 9.17) is 15.1 Å². The van der Waals surface area contributed by atoms with Crippen LogP contribution in [0.1, 0.15) is 101 Å². The second kappa shape index (κ2) is 41.2. The van der Waals surface area contributed by atoms with Gasteiger partial charge in [-0.1, -0.05) is 28.0 Å². The normalized spacial score (nSPS) is 10.1. The quantitative estimate of drug-likeness (QED) is 0.0892. The van der Waals surface area contributed by atoms with E-state index in [0.29, 0.717) is 37.0 Å². The number of unbranched alkanes of at least 4 members (excludes halogenated alkanes) is 3. The van der Waals surface area contributed by atoms with Crippen molar-refractivity contribution in [3.63, 3.8) is 0 Å². The van der Waals surface area contributed by atoms with Crippen molar-refractivity contribution in [2.24, 2.45) is 0 Å². The Labute approximate surface area is 557 Å². The first-order chi connectivity index (χ1) is 34.4. The van der Waals surface area contributed by atoms with Crippen LogP contribution in [0.25, 0.3) is 21.4 Å². The molecule has 0 spiro atoms. The third-order valence-electron chi connectivity index (χ3n) is 9.43. The summed E-state index contributed by atoms with van der Waals surface area (Å²) >= 11 is 9.55. The average molecular weight is 1390 g/mol. The fraction of sp³-hybridized carbons (Fsp3) is 0.347. The van der Waals surface area contributed by atoms with Crippen LogP contribution in [0.15, 0.2) is 109 Å². The maximum Gasteiger partial charge on any atom is 1.00 e. The number of aromatic carboxylic acids is 2. The smallest absolute Gasteiger partial charge is 0.859 e. The predicted octanol–water partition coefficient (Wildman–Crippen LogP) is 5.79. The number of carboxylic acid groups (broad SMARTS) is 2. The molecule has 0 amide bonds. The largest absolute Gasteiger partial charge is 1.00 e. The van der Waals surface area contributed by atoms with Crippen LogP contribution in [-0.4, -0.2) is 99.8 Å². The van der Waals surface area contributed by atoms with Gasteiger partial charge in [0.15, 0.2) is 11.6 Å². The molecule has 7 aromatic heterocycles. The Balaban J connectivity index is 0.000000890. The second-order valence-electron chi connectivity index (χ2n) is 16.0. The van der Waals surface area contributed by atoms with E-state index in [1.54, 1.807) is 85.5 Å². The molecule has 7 heterocycles. The average Bonchev–Trinajstić information content (AvgIpc) is 4.23. The summed E-state index contributed by atoms with van der Waals surface area (Å²) in [5, 5.41) is 26.2. The zero-order valence-electron chi connectivity index (χ0n) is 43.5. The molecule has 0 unspecified atom stereocenters. The molecule has 0 atom stereocenters. The number of halogens is 2. The number of carbonyl (C=O) groups excluding carboxylic acids is 3. The summed E-state index contributed by atoms with van der Waals surface area (Å²) in [4.78, 5) is 80.2. The SMILES string of the molecule is CCC[CH2][Sn]([CH2]CCC)([CH2]CCC)[c]1ncccn1.COC(=O)c1ccsc1-c1ncccn1.COC(=O)c1ccsc1Br.C[Si](C)(C)[O-].O=C(O)c1ccsc1Br.O=C([O-])c1ccsc1-c1ncccn1.[K+].[K+]. The van der Waals surface area contributed by atoms with Crippen LogP contribution < -0.4 is 117 Å². The molecular weight excluding hydrogens is 1330 g/mol. The summed E-state index contributed by atoms with van der Waals surface area (Å²) in [7, 11) is 0.863. The van der Waals surface area contributed by atoms with Gasteiger partial charge in [0.05, 0.1) is 54.2 Å². The van der Waals surface area contributed by atoms with Crippen LogP contribution in [0.5, 0.6) is 0 Å². The van der Waals surface area contributed by atoms with Gasteiger partial charge in [-0.05, 0) is 89.8 Å². The van der Waals surface area contributed by atoms with Gasteiger partial charge in [0.1, 0.15) is 0 Å². The number of carboxylic acids is 2. The van der Waals surface area contributed by atoms with Crippen molar-refractivity contribution in [3.05, 3.63) is 131 Å². The summed E-state index contributed by atoms with van der Waals surface area (Å²) in [5.41, 5.74) is 1.57. The van der Waals surface area contributed by atoms with E-state index in [0.717, 1.165) is 8.66 Å². The minimum absolute atomic E-state index is 0. The predicted molar refractivity (Wildman–Crippen MR) is 299 cm³/mol. The molecule has 0 aromatic carbocycles. The van der Waals surface area contributed by atoms with Gasteiger partial charge in [0, 0.05) is 30.4 Å². The van der Waals surface area contributed by atoms with E-state index in [2.05, 4.69) is 82.0 Å². The summed E-state index contributed by atoms with van der Waals surface area (Å²) in [6.45, 7) is 12.2. The van der Waals surface area contributed by atoms with Crippen LogP contribution in [-0.2, 0) is 9.47 Å². The first kappa shape index (κ1) is 73.1. The van der Waals surface area contributed by atoms with E-state index in [-0.39, 0.29) is 120 Å². The van der Waals surface area contributed by atoms with Crippen molar-refractivity contribution in [3.8, 4) is 21.4 Å². The Kier molecular flexibility index (Phi) is 40.7. The molecule has 0 aliphatic rings. The molecule has 0 aliphatic carbocycles. The Hall–Kier alpha value is -0.872. The summed E-state index contributed by atoms with van der Waals surface area (Å²) < 4.78 is 16.3. The van der Waals surface area contributed by atoms with E-state index in [1.165, 1.54) is 121 Å². The molecule has 0 bridgehead atoms. The summed E-state index contributed by atoms with van der Waals surface area (Å²) in [5.74, 6) is -1.78. The van der Waals surface area contributed by atoms with Crippen LogP contribution in [0.3, 0.4) is 0 Å². The van der Waals surface area contributed by atoms with Crippen molar-refractivity contribution < 1.29 is 146 Å². The van der Waals surface area contributed by atoms with Crippen LogP contribution >= 0.6 is 77.2 Å². The Morgan fingerprint density at radius 1 is 0.581 bits per heavy atom. The number of ether oxygens (including phenoxy) is 2. The molecule has 25 heteroatoms. The molecule has 74 heavy (non-hydrogen) atoms. The van der Waals surface area contributed by atoms with E-state index >= 15 is 0 Å².